The van der Waals surface area contributed by atoms with Gasteiger partial charge >= 0.3 is 5.97 Å². The number of allylic oxidation sites excluding steroid dienone is 1. The van der Waals surface area contributed by atoms with Crippen molar-refractivity contribution in [1.82, 2.24) is 30.7 Å². The van der Waals surface area contributed by atoms with Crippen LogP contribution < -0.4 is 26.3 Å². The van der Waals surface area contributed by atoms with Crippen molar-refractivity contribution in [1.29, 1.82) is 0 Å². The van der Waals surface area contributed by atoms with E-state index in [0.717, 1.165) is 49.4 Å². The number of fused-ring (bicyclic) bond motifs is 5. The number of nitrogens with one attached hydrogen (secondary N) is 3. The van der Waals surface area contributed by atoms with E-state index in [9.17, 15) is 38.4 Å². The Morgan fingerprint density at radius 1 is 0.782 bits per heavy atom. The minimum Gasteiger partial charge on any atom is -0.461 e. The second kappa shape index (κ2) is 25.4. The molecular formula is C61H93N8O9+. The van der Waals surface area contributed by atoms with Crippen LogP contribution in [0.25, 0.3) is 0 Å². The molecule has 430 valence electrons. The zero-order chi connectivity index (χ0) is 56.1. The van der Waals surface area contributed by atoms with Crippen molar-refractivity contribution in [3.05, 3.63) is 41.7 Å². The number of hydrogen-bond acceptors (Lipinski definition) is 9. The fraction of sp³-hybridized carbons (Fsp3) is 0.754. The predicted octanol–water partition coefficient (Wildman–Crippen LogP) is 6.20. The third-order valence-corrected chi connectivity index (χ3v) is 20.1. The summed E-state index contributed by atoms with van der Waals surface area (Å²) in [5, 5.41) is 8.34. The standard InChI is InChI=1S/C61H92N8O9/c1-8-14-48(65-54(72)47(25-26-52(62)70)64-56(74)50-19-12-33-68(50)59(77)51-20-13-34-69(51)57(75)40-17-10-31-66(7)37-40)58(76)67-32-11-18-49(67)55(73)63-36-53(71)78-42-27-29-60(5)41(35-42)21-22-43-45-24-23-44(39(4)16-9-15-38(2)3)61(45,6)30-28-46(43)60/h10,17,21,31,37-39,42-51H,8-9,11-16,18-20,22-30,32-36H2,1-7H3,(H4-,62,63,64,65,70,72,73,74)/p+1/t39-,42+,43+,44-,45+,46+,47+,48+,49+,50+,51+,60+,61-/m1/s1. The minimum absolute atomic E-state index is 0.109. The van der Waals surface area contributed by atoms with Crippen LogP contribution in [0.1, 0.15) is 187 Å². The number of primary amides is 1. The number of hydrogen-bond donors (Lipinski definition) is 4. The Morgan fingerprint density at radius 3 is 2.19 bits per heavy atom. The molecule has 0 unspecified atom stereocenters. The average Bonchev–Trinajstić information content (AvgIpc) is 4.40. The summed E-state index contributed by atoms with van der Waals surface area (Å²) in [4.78, 5) is 114. The number of esters is 1. The maximum Gasteiger partial charge on any atom is 0.325 e. The van der Waals surface area contributed by atoms with Crippen molar-refractivity contribution in [2.24, 2.45) is 59.1 Å². The first kappa shape index (κ1) is 58.8. The quantitative estimate of drug-likeness (QED) is 0.0625. The van der Waals surface area contributed by atoms with Gasteiger partial charge in [0.05, 0.1) is 0 Å². The van der Waals surface area contributed by atoms with Gasteiger partial charge in [0.1, 0.15) is 55.5 Å². The van der Waals surface area contributed by atoms with E-state index in [-0.39, 0.29) is 55.7 Å². The Labute approximate surface area is 463 Å². The van der Waals surface area contributed by atoms with Gasteiger partial charge in [0.15, 0.2) is 12.4 Å². The lowest BCUT2D eigenvalue weighted by Crippen LogP contribution is -2.58. The first-order valence-electron chi connectivity index (χ1n) is 30.2. The predicted molar refractivity (Wildman–Crippen MR) is 294 cm³/mol. The second-order valence-electron chi connectivity index (χ2n) is 25.6. The fourth-order valence-corrected chi connectivity index (χ4v) is 16.0. The molecule has 78 heavy (non-hydrogen) atoms. The number of ether oxygens (including phenoxy) is 1. The van der Waals surface area contributed by atoms with Gasteiger partial charge in [0.2, 0.25) is 35.4 Å². The molecule has 8 rings (SSSR count). The first-order chi connectivity index (χ1) is 37.2. The van der Waals surface area contributed by atoms with E-state index in [1.807, 2.05) is 20.2 Å². The molecule has 4 aliphatic carbocycles. The number of aromatic nitrogens is 1. The number of carbonyl (C=O) groups excluding carboxylic acids is 8. The van der Waals surface area contributed by atoms with Crippen LogP contribution in [0.3, 0.4) is 0 Å². The number of likely N-dealkylation sites (tertiary alicyclic amines) is 3. The monoisotopic (exact) mass is 1080 g/mol. The summed E-state index contributed by atoms with van der Waals surface area (Å²) in [5.74, 6) is 0.465. The van der Waals surface area contributed by atoms with Gasteiger partial charge in [-0.2, -0.15) is 0 Å². The molecule has 17 nitrogen and oxygen atoms in total. The molecule has 17 heteroatoms. The van der Waals surface area contributed by atoms with Gasteiger partial charge in [0, 0.05) is 38.5 Å². The summed E-state index contributed by atoms with van der Waals surface area (Å²) in [6.07, 6.45) is 21.9. The molecule has 3 aliphatic heterocycles. The van der Waals surface area contributed by atoms with Crippen LogP contribution in [0, 0.1) is 46.3 Å². The Balaban J connectivity index is 0.828. The van der Waals surface area contributed by atoms with Gasteiger partial charge < -0.3 is 41.1 Å². The zero-order valence-corrected chi connectivity index (χ0v) is 48.0. The minimum atomic E-state index is -1.27. The largest absolute Gasteiger partial charge is 0.461 e. The van der Waals surface area contributed by atoms with Crippen LogP contribution in [0.5, 0.6) is 0 Å². The lowest BCUT2D eigenvalue weighted by atomic mass is 9.47. The van der Waals surface area contributed by atoms with E-state index >= 15 is 0 Å². The molecule has 3 saturated heterocycles. The molecule has 7 amide bonds. The SMILES string of the molecule is CCC[C@H](NC(=O)[C@H](CCC(N)=O)NC(=O)[C@@H]1CCCN1C(=O)[C@@H]1CCCN1C(=O)c1ccc[n+](C)c1)C(=O)N1CCC[C@H]1C(=O)NCC(=O)O[C@H]1CC[C@@]2(C)C(=CC[C@H]3[C@@H]4CC[C@H]([C@H](C)CCCC(C)C)[C@@]4(C)CC[C@@H]32)C1. The van der Waals surface area contributed by atoms with Crippen LogP contribution in [-0.4, -0.2) is 125 Å². The summed E-state index contributed by atoms with van der Waals surface area (Å²) in [7, 11) is 1.81. The van der Waals surface area contributed by atoms with Crippen molar-refractivity contribution in [3.8, 4) is 0 Å². The summed E-state index contributed by atoms with van der Waals surface area (Å²) in [6.45, 7) is 14.8. The molecule has 0 bridgehead atoms. The molecule has 1 aromatic rings. The van der Waals surface area contributed by atoms with Crippen molar-refractivity contribution >= 4 is 47.3 Å². The Kier molecular flexibility index (Phi) is 19.1. The summed E-state index contributed by atoms with van der Waals surface area (Å²) >= 11 is 0. The van der Waals surface area contributed by atoms with Gasteiger partial charge in [-0.05, 0) is 149 Å². The topological polar surface area (TPSA) is 221 Å². The van der Waals surface area contributed by atoms with Crippen LogP contribution >= 0.6 is 0 Å². The molecule has 5 N–H and O–H groups in total. The van der Waals surface area contributed by atoms with E-state index in [0.29, 0.717) is 80.8 Å². The Bertz CT molecular complexity index is 2430. The molecule has 1 aromatic heterocycles. The zero-order valence-electron chi connectivity index (χ0n) is 48.0. The number of carbonyl (C=O) groups is 8. The molecule has 0 aromatic carbocycles. The number of pyridine rings is 1. The summed E-state index contributed by atoms with van der Waals surface area (Å²) in [5.41, 5.74) is 7.93. The van der Waals surface area contributed by atoms with E-state index in [1.165, 1.54) is 60.3 Å². The Morgan fingerprint density at radius 2 is 1.49 bits per heavy atom. The molecule has 4 heterocycles. The van der Waals surface area contributed by atoms with E-state index < -0.39 is 65.7 Å². The number of amides is 7. The second-order valence-corrected chi connectivity index (χ2v) is 25.6. The molecule has 0 radical (unpaired) electrons. The highest BCUT2D eigenvalue weighted by molar-refractivity contribution is 5.99. The first-order valence-corrected chi connectivity index (χ1v) is 30.2. The highest BCUT2D eigenvalue weighted by Gasteiger charge is 2.59. The van der Waals surface area contributed by atoms with Crippen LogP contribution in [0.15, 0.2) is 36.2 Å². The van der Waals surface area contributed by atoms with Crippen molar-refractivity contribution in [3.63, 3.8) is 0 Å². The number of aryl methyl sites for hydroxylation is 1. The van der Waals surface area contributed by atoms with Crippen LogP contribution in [0.4, 0.5) is 0 Å². The molecule has 6 fully saturated rings. The smallest absolute Gasteiger partial charge is 0.325 e. The van der Waals surface area contributed by atoms with Gasteiger partial charge in [-0.15, -0.1) is 0 Å². The summed E-state index contributed by atoms with van der Waals surface area (Å²) in [6, 6.07) is -1.38. The molecule has 13 atom stereocenters. The lowest BCUT2D eigenvalue weighted by molar-refractivity contribution is -0.671. The maximum absolute atomic E-state index is 14.3. The lowest BCUT2D eigenvalue weighted by Gasteiger charge is -2.58. The third kappa shape index (κ3) is 12.8. The number of nitrogens with two attached hydrogens (primary N) is 1. The normalized spacial score (nSPS) is 30.6. The van der Waals surface area contributed by atoms with E-state index in [2.05, 4.69) is 56.6 Å². The van der Waals surface area contributed by atoms with E-state index in [1.54, 1.807) is 27.8 Å². The maximum atomic E-state index is 14.3. The highest BCUT2D eigenvalue weighted by atomic mass is 16.5. The molecule has 7 aliphatic rings. The summed E-state index contributed by atoms with van der Waals surface area (Å²) < 4.78 is 7.84. The highest BCUT2D eigenvalue weighted by Crippen LogP contribution is 2.67. The van der Waals surface area contributed by atoms with Crippen molar-refractivity contribution in [2.75, 3.05) is 26.2 Å². The van der Waals surface area contributed by atoms with Crippen molar-refractivity contribution in [2.45, 2.75) is 213 Å². The van der Waals surface area contributed by atoms with Crippen LogP contribution in [-0.2, 0) is 45.3 Å². The average molecular weight is 1080 g/mol. The molecular weight excluding hydrogens is 989 g/mol. The fourth-order valence-electron chi connectivity index (χ4n) is 16.0. The number of nitrogens with zero attached hydrogens (tertiary/aromatic N) is 4. The van der Waals surface area contributed by atoms with Crippen LogP contribution in [0.2, 0.25) is 0 Å². The van der Waals surface area contributed by atoms with Gasteiger partial charge in [-0.25, -0.2) is 4.57 Å². The van der Waals surface area contributed by atoms with Gasteiger partial charge in [0.25, 0.3) is 5.91 Å². The molecule has 0 spiro atoms. The van der Waals surface area contributed by atoms with Gasteiger partial charge in [-0.1, -0.05) is 78.9 Å². The Hall–Kier alpha value is -5.35. The third-order valence-electron chi connectivity index (χ3n) is 20.1. The number of rotatable bonds is 21. The van der Waals surface area contributed by atoms with Gasteiger partial charge in [-0.3, -0.25) is 38.4 Å². The molecule has 3 saturated carbocycles. The van der Waals surface area contributed by atoms with E-state index in [4.69, 9.17) is 10.5 Å². The van der Waals surface area contributed by atoms with Crippen molar-refractivity contribution < 1.29 is 47.7 Å².